The molecule has 0 aliphatic carbocycles. The quantitative estimate of drug-likeness (QED) is 0.607. The Morgan fingerprint density at radius 1 is 0.938 bits per heavy atom. The highest BCUT2D eigenvalue weighted by atomic mass is 16.5. The molecule has 1 aromatic heterocycles. The molecule has 178 valence electrons. The standard InChI is InChI=1S/C18H22N2O.C7H15NO.C2H6/c1-12-5-4-6-16(11-12)17-13(2)14(3)19-18(20-17)15-7-9-21-10-8-15;1-2-3-8-4-6-9-7-5-8;1-2/h4-6,11,15H,7-10H2,1-3H3;2-7H2,1H3;1-2H3. The fourth-order valence-corrected chi connectivity index (χ4v) is 4.00. The van der Waals surface area contributed by atoms with Gasteiger partial charge in [-0.3, -0.25) is 4.90 Å². The summed E-state index contributed by atoms with van der Waals surface area (Å²) in [5, 5.41) is 0. The molecule has 5 heteroatoms. The van der Waals surface area contributed by atoms with E-state index in [-0.39, 0.29) is 0 Å². The van der Waals surface area contributed by atoms with Crippen molar-refractivity contribution in [2.24, 2.45) is 0 Å². The SMILES string of the molecule is CC.CCCN1CCOCC1.Cc1cccc(-c2nc(C3CCOCC3)nc(C)c2C)c1. The highest BCUT2D eigenvalue weighted by Crippen LogP contribution is 2.29. The van der Waals surface area contributed by atoms with Gasteiger partial charge in [0.25, 0.3) is 0 Å². The first-order valence-electron chi connectivity index (χ1n) is 12.4. The van der Waals surface area contributed by atoms with Crippen LogP contribution in [0.15, 0.2) is 24.3 Å². The summed E-state index contributed by atoms with van der Waals surface area (Å²) in [6, 6.07) is 8.54. The fraction of sp³-hybridized carbons (Fsp3) is 0.630. The van der Waals surface area contributed by atoms with Crippen molar-refractivity contribution in [3.05, 3.63) is 46.9 Å². The van der Waals surface area contributed by atoms with Crippen LogP contribution in [0, 0.1) is 20.8 Å². The molecule has 3 heterocycles. The minimum absolute atomic E-state index is 0.432. The van der Waals surface area contributed by atoms with E-state index in [9.17, 15) is 0 Å². The molecule has 2 fully saturated rings. The number of aromatic nitrogens is 2. The number of hydrogen-bond acceptors (Lipinski definition) is 5. The Hall–Kier alpha value is -1.82. The second-order valence-corrected chi connectivity index (χ2v) is 8.35. The van der Waals surface area contributed by atoms with E-state index in [1.165, 1.54) is 29.7 Å². The van der Waals surface area contributed by atoms with Gasteiger partial charge in [-0.05, 0) is 58.2 Å². The lowest BCUT2D eigenvalue weighted by atomic mass is 9.97. The van der Waals surface area contributed by atoms with E-state index in [1.807, 2.05) is 13.8 Å². The molecular weight excluding hydrogens is 398 g/mol. The average Bonchev–Trinajstić information content (AvgIpc) is 2.84. The number of aryl methyl sites for hydroxylation is 2. The summed E-state index contributed by atoms with van der Waals surface area (Å²) in [5.41, 5.74) is 5.79. The first-order valence-corrected chi connectivity index (χ1v) is 12.4. The van der Waals surface area contributed by atoms with E-state index in [0.717, 1.165) is 69.6 Å². The number of ether oxygens (including phenoxy) is 2. The molecule has 2 aliphatic heterocycles. The third-order valence-electron chi connectivity index (χ3n) is 5.93. The summed E-state index contributed by atoms with van der Waals surface area (Å²) in [6.07, 6.45) is 3.31. The summed E-state index contributed by atoms with van der Waals surface area (Å²) in [5.74, 6) is 1.42. The summed E-state index contributed by atoms with van der Waals surface area (Å²) in [7, 11) is 0. The van der Waals surface area contributed by atoms with Crippen LogP contribution in [0.1, 0.15) is 68.6 Å². The lowest BCUT2D eigenvalue weighted by molar-refractivity contribution is 0.0380. The van der Waals surface area contributed by atoms with Crippen LogP contribution in [0.4, 0.5) is 0 Å². The number of rotatable bonds is 4. The van der Waals surface area contributed by atoms with Crippen LogP contribution >= 0.6 is 0 Å². The van der Waals surface area contributed by atoms with Crippen molar-refractivity contribution >= 4 is 0 Å². The Balaban J connectivity index is 0.000000277. The van der Waals surface area contributed by atoms with E-state index in [0.29, 0.717) is 5.92 Å². The topological polar surface area (TPSA) is 47.5 Å². The van der Waals surface area contributed by atoms with E-state index < -0.39 is 0 Å². The Morgan fingerprint density at radius 3 is 2.22 bits per heavy atom. The molecule has 32 heavy (non-hydrogen) atoms. The lowest BCUT2D eigenvalue weighted by Crippen LogP contribution is -2.36. The van der Waals surface area contributed by atoms with Gasteiger partial charge in [-0.2, -0.15) is 0 Å². The van der Waals surface area contributed by atoms with Gasteiger partial charge >= 0.3 is 0 Å². The molecular formula is C27H43N3O2. The summed E-state index contributed by atoms with van der Waals surface area (Å²) >= 11 is 0. The molecule has 0 amide bonds. The van der Waals surface area contributed by atoms with Gasteiger partial charge in [0.05, 0.1) is 18.9 Å². The monoisotopic (exact) mass is 441 g/mol. The summed E-state index contributed by atoms with van der Waals surface area (Å²) < 4.78 is 10.7. The molecule has 4 rings (SSSR count). The molecule has 0 unspecified atom stereocenters. The van der Waals surface area contributed by atoms with E-state index in [1.54, 1.807) is 0 Å². The van der Waals surface area contributed by atoms with E-state index in [2.05, 4.69) is 56.9 Å². The second kappa shape index (κ2) is 14.4. The van der Waals surface area contributed by atoms with Gasteiger partial charge in [0.2, 0.25) is 0 Å². The highest BCUT2D eigenvalue weighted by molar-refractivity contribution is 5.64. The van der Waals surface area contributed by atoms with E-state index >= 15 is 0 Å². The molecule has 2 aliphatic rings. The van der Waals surface area contributed by atoms with Crippen molar-refractivity contribution in [3.8, 4) is 11.3 Å². The number of morpholine rings is 1. The number of nitrogens with zero attached hydrogens (tertiary/aromatic N) is 3. The van der Waals surface area contributed by atoms with Crippen LogP contribution in [0.2, 0.25) is 0 Å². The molecule has 0 radical (unpaired) electrons. The van der Waals surface area contributed by atoms with Gasteiger partial charge < -0.3 is 9.47 Å². The fourth-order valence-electron chi connectivity index (χ4n) is 4.00. The average molecular weight is 442 g/mol. The predicted molar refractivity (Wildman–Crippen MR) is 133 cm³/mol. The molecule has 0 spiro atoms. The van der Waals surface area contributed by atoms with Crippen molar-refractivity contribution in [2.75, 3.05) is 46.1 Å². The third-order valence-corrected chi connectivity index (χ3v) is 5.93. The number of hydrogen-bond donors (Lipinski definition) is 0. The zero-order valence-corrected chi connectivity index (χ0v) is 21.1. The van der Waals surface area contributed by atoms with Crippen LogP contribution in [-0.4, -0.2) is 60.9 Å². The van der Waals surface area contributed by atoms with Gasteiger partial charge in [0.1, 0.15) is 5.82 Å². The maximum atomic E-state index is 5.45. The Bertz CT molecular complexity index is 795. The molecule has 1 aromatic carbocycles. The van der Waals surface area contributed by atoms with Gasteiger partial charge in [0.15, 0.2) is 0 Å². The van der Waals surface area contributed by atoms with Crippen LogP contribution in [0.5, 0.6) is 0 Å². The Kier molecular flexibility index (Phi) is 11.9. The van der Waals surface area contributed by atoms with Gasteiger partial charge in [-0.25, -0.2) is 9.97 Å². The number of benzene rings is 1. The molecule has 0 atom stereocenters. The normalized spacial score (nSPS) is 17.1. The van der Waals surface area contributed by atoms with Gasteiger partial charge in [-0.15, -0.1) is 0 Å². The Morgan fingerprint density at radius 2 is 1.59 bits per heavy atom. The summed E-state index contributed by atoms with van der Waals surface area (Å²) in [4.78, 5) is 12.1. The largest absolute Gasteiger partial charge is 0.381 e. The maximum Gasteiger partial charge on any atom is 0.132 e. The van der Waals surface area contributed by atoms with Crippen molar-refractivity contribution in [1.29, 1.82) is 0 Å². The van der Waals surface area contributed by atoms with Crippen LogP contribution in [0.3, 0.4) is 0 Å². The lowest BCUT2D eigenvalue weighted by Gasteiger charge is -2.25. The van der Waals surface area contributed by atoms with Gasteiger partial charge in [0, 0.05) is 43.5 Å². The zero-order chi connectivity index (χ0) is 23.3. The van der Waals surface area contributed by atoms with Gasteiger partial charge in [-0.1, -0.05) is 44.5 Å². The highest BCUT2D eigenvalue weighted by Gasteiger charge is 2.21. The first-order chi connectivity index (χ1) is 15.6. The molecule has 0 saturated carbocycles. The third kappa shape index (κ3) is 7.95. The van der Waals surface area contributed by atoms with Crippen LogP contribution < -0.4 is 0 Å². The van der Waals surface area contributed by atoms with Crippen LogP contribution in [0.25, 0.3) is 11.3 Å². The smallest absolute Gasteiger partial charge is 0.132 e. The Labute approximate surface area is 195 Å². The van der Waals surface area contributed by atoms with Crippen molar-refractivity contribution in [3.63, 3.8) is 0 Å². The molecule has 2 aromatic rings. The van der Waals surface area contributed by atoms with Crippen molar-refractivity contribution < 1.29 is 9.47 Å². The van der Waals surface area contributed by atoms with E-state index in [4.69, 9.17) is 19.4 Å². The minimum atomic E-state index is 0.432. The first kappa shape index (κ1) is 26.4. The van der Waals surface area contributed by atoms with Crippen molar-refractivity contribution in [1.82, 2.24) is 14.9 Å². The second-order valence-electron chi connectivity index (χ2n) is 8.35. The molecule has 0 bridgehead atoms. The molecule has 2 saturated heterocycles. The minimum Gasteiger partial charge on any atom is -0.381 e. The van der Waals surface area contributed by atoms with Crippen LogP contribution in [-0.2, 0) is 9.47 Å². The molecule has 5 nitrogen and oxygen atoms in total. The predicted octanol–water partition coefficient (Wildman–Crippen LogP) is 5.72. The summed E-state index contributed by atoms with van der Waals surface area (Å²) in [6.45, 7) is 19.5. The maximum absolute atomic E-state index is 5.45. The van der Waals surface area contributed by atoms with Crippen molar-refractivity contribution in [2.45, 2.75) is 66.7 Å². The molecule has 0 N–H and O–H groups in total. The zero-order valence-electron chi connectivity index (χ0n) is 21.1.